The lowest BCUT2D eigenvalue weighted by molar-refractivity contribution is -0.145. The third kappa shape index (κ3) is 1.11. The minimum absolute atomic E-state index is 0.236. The highest BCUT2D eigenvalue weighted by Crippen LogP contribution is 2.60. The molecule has 3 heterocycles. The predicted octanol–water partition coefficient (Wildman–Crippen LogP) is -0.240. The van der Waals surface area contributed by atoms with E-state index in [1.807, 2.05) is 0 Å². The Labute approximate surface area is 74.4 Å². The van der Waals surface area contributed by atoms with Crippen LogP contribution in [-0.4, -0.2) is 25.7 Å². The second-order valence-corrected chi connectivity index (χ2v) is 5.92. The van der Waals surface area contributed by atoms with Crippen LogP contribution in [0.5, 0.6) is 0 Å². The lowest BCUT2D eigenvalue weighted by Gasteiger charge is -2.44. The average molecular weight is 209 g/mol. The first-order valence-corrected chi connectivity index (χ1v) is 5.96. The van der Waals surface area contributed by atoms with Crippen LogP contribution in [0.15, 0.2) is 0 Å². The molecule has 3 aliphatic heterocycles. The molecule has 0 aromatic rings. The van der Waals surface area contributed by atoms with Crippen LogP contribution in [0.1, 0.15) is 0 Å². The lowest BCUT2D eigenvalue weighted by Crippen LogP contribution is -2.53. The summed E-state index contributed by atoms with van der Waals surface area (Å²) in [6.45, 7) is -1.78. The smallest absolute Gasteiger partial charge is 0.327 e. The molecule has 3 aliphatic rings. The Morgan fingerprint density at radius 3 is 2.08 bits per heavy atom. The third-order valence-corrected chi connectivity index (χ3v) is 4.30. The maximum Gasteiger partial charge on any atom is 0.327 e. The molecule has 0 aromatic heterocycles. The number of hydrogen-bond donors (Lipinski definition) is 1. The summed E-state index contributed by atoms with van der Waals surface area (Å²) in [4.78, 5) is 11.0. The number of carbonyl (C=O) groups is 1. The number of fused-ring (bicyclic) bond motifs is 3. The number of carbonyl (C=O) groups excluding carboxylic acids is 1. The van der Waals surface area contributed by atoms with Gasteiger partial charge in [-0.1, -0.05) is 0 Å². The molecule has 0 atom stereocenters. The van der Waals surface area contributed by atoms with Gasteiger partial charge in [0, 0.05) is 0 Å². The van der Waals surface area contributed by atoms with Crippen LogP contribution in [0, 0.1) is 5.41 Å². The number of primary amides is 1. The highest BCUT2D eigenvalue weighted by Gasteiger charge is 2.51. The molecule has 12 heavy (non-hydrogen) atoms. The Hall–Kier alpha value is -0.0000000000000000694. The fraction of sp³-hybridized carbons (Fsp3) is 0.800. The zero-order chi connectivity index (χ0) is 8.82. The number of amides is 1. The fourth-order valence-corrected chi connectivity index (χ4v) is 2.97. The Bertz CT molecular complexity index is 249. The molecule has 0 spiro atoms. The van der Waals surface area contributed by atoms with Crippen molar-refractivity contribution in [2.45, 2.75) is 0 Å². The van der Waals surface area contributed by atoms with E-state index in [2.05, 4.69) is 0 Å². The van der Waals surface area contributed by atoms with Crippen molar-refractivity contribution >= 4 is 24.4 Å². The first-order chi connectivity index (χ1) is 5.56. The fourth-order valence-electron chi connectivity index (χ4n) is 1.06. The Morgan fingerprint density at radius 2 is 1.75 bits per heavy atom. The lowest BCUT2D eigenvalue weighted by atomic mass is 9.90. The molecule has 3 saturated heterocycles. The number of rotatable bonds is 1. The van der Waals surface area contributed by atoms with Crippen LogP contribution in [0.25, 0.3) is 0 Å². The zero-order valence-corrected chi connectivity index (χ0v) is 7.90. The van der Waals surface area contributed by atoms with Crippen LogP contribution in [0.3, 0.4) is 0 Å². The summed E-state index contributed by atoms with van der Waals surface area (Å²) in [6, 6.07) is 0. The second-order valence-electron chi connectivity index (χ2n) is 2.91. The summed E-state index contributed by atoms with van der Waals surface area (Å²) in [5.74, 6) is -0.455. The maximum absolute atomic E-state index is 11.0. The van der Waals surface area contributed by atoms with Crippen LogP contribution in [-0.2, 0) is 30.2 Å². The largest absolute Gasteiger partial charge is 0.369 e. The summed E-state index contributed by atoms with van der Waals surface area (Å²) in [5.41, 5.74) is 4.37. The molecular formula is C5H8NO4PS. The standard InChI is InChI=1S/C5H8NO4PS/c6-4(7)5-1-8-11(12,9-2-5)10-3-5/h1-3H2,(H2,6,7). The molecule has 2 N–H and O–H groups in total. The first-order valence-electron chi connectivity index (χ1n) is 3.40. The summed E-state index contributed by atoms with van der Waals surface area (Å²) in [7, 11) is 0. The van der Waals surface area contributed by atoms with Gasteiger partial charge in [0.1, 0.15) is 5.41 Å². The van der Waals surface area contributed by atoms with E-state index in [1.54, 1.807) is 0 Å². The molecule has 0 aliphatic carbocycles. The molecule has 68 valence electrons. The number of hydrogen-bond acceptors (Lipinski definition) is 5. The monoisotopic (exact) mass is 209 g/mol. The zero-order valence-electron chi connectivity index (χ0n) is 6.19. The van der Waals surface area contributed by atoms with Gasteiger partial charge in [0.05, 0.1) is 19.8 Å². The van der Waals surface area contributed by atoms with Crippen molar-refractivity contribution in [2.24, 2.45) is 11.1 Å². The van der Waals surface area contributed by atoms with Crippen molar-refractivity contribution in [1.82, 2.24) is 0 Å². The molecule has 3 fully saturated rings. The van der Waals surface area contributed by atoms with Crippen LogP contribution >= 0.6 is 6.72 Å². The van der Waals surface area contributed by atoms with Crippen LogP contribution < -0.4 is 5.73 Å². The summed E-state index contributed by atoms with van der Waals surface area (Å²) in [6.07, 6.45) is 0. The molecule has 5 nitrogen and oxygen atoms in total. The van der Waals surface area contributed by atoms with Crippen molar-refractivity contribution in [2.75, 3.05) is 19.8 Å². The quantitative estimate of drug-likeness (QED) is 0.603. The first kappa shape index (κ1) is 8.59. The van der Waals surface area contributed by atoms with Crippen LogP contribution in [0.2, 0.25) is 0 Å². The molecule has 0 aromatic carbocycles. The molecule has 2 bridgehead atoms. The topological polar surface area (TPSA) is 70.8 Å². The molecule has 0 saturated carbocycles. The van der Waals surface area contributed by atoms with Gasteiger partial charge in [-0.3, -0.25) is 4.79 Å². The maximum atomic E-state index is 11.0. The molecule has 3 rings (SSSR count). The number of nitrogens with two attached hydrogens (primary N) is 1. The van der Waals surface area contributed by atoms with Crippen molar-refractivity contribution in [1.29, 1.82) is 0 Å². The predicted molar refractivity (Wildman–Crippen MR) is 43.8 cm³/mol. The van der Waals surface area contributed by atoms with Crippen LogP contribution in [0.4, 0.5) is 0 Å². The molecule has 7 heteroatoms. The van der Waals surface area contributed by atoms with E-state index >= 15 is 0 Å². The minimum atomic E-state index is -2.49. The van der Waals surface area contributed by atoms with Gasteiger partial charge in [0.25, 0.3) is 0 Å². The highest BCUT2D eigenvalue weighted by atomic mass is 32.5. The van der Waals surface area contributed by atoms with Gasteiger partial charge >= 0.3 is 6.72 Å². The third-order valence-electron chi connectivity index (χ3n) is 2.02. The SMILES string of the molecule is NC(=O)C12COP(=S)(OC1)OC2. The van der Waals surface area contributed by atoms with Gasteiger partial charge in [-0.05, 0) is 11.8 Å². The summed E-state index contributed by atoms with van der Waals surface area (Å²) >= 11 is 4.92. The molecule has 0 unspecified atom stereocenters. The van der Waals surface area contributed by atoms with Gasteiger partial charge < -0.3 is 19.3 Å². The van der Waals surface area contributed by atoms with E-state index in [0.29, 0.717) is 0 Å². The van der Waals surface area contributed by atoms with E-state index in [-0.39, 0.29) is 19.8 Å². The molecular weight excluding hydrogens is 201 g/mol. The summed E-state index contributed by atoms with van der Waals surface area (Å²) < 4.78 is 15.3. The van der Waals surface area contributed by atoms with Gasteiger partial charge in [-0.2, -0.15) is 0 Å². The van der Waals surface area contributed by atoms with Crippen molar-refractivity contribution in [3.63, 3.8) is 0 Å². The van der Waals surface area contributed by atoms with Crippen molar-refractivity contribution in [3.8, 4) is 0 Å². The minimum Gasteiger partial charge on any atom is -0.369 e. The highest BCUT2D eigenvalue weighted by molar-refractivity contribution is 8.07. The van der Waals surface area contributed by atoms with Crippen molar-refractivity contribution < 1.29 is 18.4 Å². The van der Waals surface area contributed by atoms with E-state index in [0.717, 1.165) is 0 Å². The van der Waals surface area contributed by atoms with Gasteiger partial charge in [-0.25, -0.2) is 0 Å². The van der Waals surface area contributed by atoms with E-state index < -0.39 is 18.0 Å². The molecule has 1 amide bonds. The Kier molecular flexibility index (Phi) is 1.79. The Balaban J connectivity index is 2.25. The average Bonchev–Trinajstić information content (AvgIpc) is 2.06. The normalized spacial score (nSPS) is 46.0. The van der Waals surface area contributed by atoms with E-state index in [9.17, 15) is 4.79 Å². The molecule has 0 radical (unpaired) electrons. The van der Waals surface area contributed by atoms with Gasteiger partial charge in [0.2, 0.25) is 5.91 Å². The van der Waals surface area contributed by atoms with Crippen molar-refractivity contribution in [3.05, 3.63) is 0 Å². The Morgan fingerprint density at radius 1 is 1.33 bits per heavy atom. The van der Waals surface area contributed by atoms with Gasteiger partial charge in [0.15, 0.2) is 0 Å². The van der Waals surface area contributed by atoms with E-state index in [4.69, 9.17) is 31.1 Å². The van der Waals surface area contributed by atoms with Gasteiger partial charge in [-0.15, -0.1) is 0 Å². The summed E-state index contributed by atoms with van der Waals surface area (Å²) in [5, 5.41) is 0. The second kappa shape index (κ2) is 2.49. The van der Waals surface area contributed by atoms with E-state index in [1.165, 1.54) is 0 Å².